The second-order valence-corrected chi connectivity index (χ2v) is 7.56. The van der Waals surface area contributed by atoms with Gasteiger partial charge in [-0.15, -0.1) is 0 Å². The van der Waals surface area contributed by atoms with Gasteiger partial charge in [0.25, 0.3) is 11.8 Å². The Bertz CT molecular complexity index is 660. The van der Waals surface area contributed by atoms with Crippen molar-refractivity contribution in [3.05, 3.63) is 29.8 Å². The van der Waals surface area contributed by atoms with Crippen molar-refractivity contribution in [2.75, 3.05) is 45.9 Å². The van der Waals surface area contributed by atoms with E-state index in [1.807, 2.05) is 4.90 Å². The first-order chi connectivity index (χ1) is 13.1. The van der Waals surface area contributed by atoms with E-state index in [1.54, 1.807) is 24.3 Å². The number of likely N-dealkylation sites (tertiary alicyclic amines) is 2. The van der Waals surface area contributed by atoms with Crippen LogP contribution in [-0.2, 0) is 4.79 Å². The molecule has 7 heteroatoms. The Morgan fingerprint density at radius 2 is 1.89 bits per heavy atom. The minimum atomic E-state index is -0.558. The number of hydrogen-bond donors (Lipinski definition) is 2. The molecule has 0 aliphatic carbocycles. The van der Waals surface area contributed by atoms with Crippen LogP contribution in [0.1, 0.15) is 29.6 Å². The largest absolute Gasteiger partial charge is 0.484 e. The van der Waals surface area contributed by atoms with E-state index in [4.69, 9.17) is 10.5 Å². The van der Waals surface area contributed by atoms with Gasteiger partial charge >= 0.3 is 0 Å². The summed E-state index contributed by atoms with van der Waals surface area (Å²) in [6.45, 7) is 4.28. The number of piperidine rings is 1. The SMILES string of the molecule is NC(=O)COc1cccc(C(=O)N2CC(CO)C(CN3CCCCC3)C2)c1. The van der Waals surface area contributed by atoms with Crippen molar-refractivity contribution in [1.82, 2.24) is 9.80 Å². The number of nitrogens with zero attached hydrogens (tertiary/aromatic N) is 2. The van der Waals surface area contributed by atoms with Crippen LogP contribution in [0.25, 0.3) is 0 Å². The summed E-state index contributed by atoms with van der Waals surface area (Å²) in [7, 11) is 0. The van der Waals surface area contributed by atoms with E-state index in [9.17, 15) is 14.7 Å². The van der Waals surface area contributed by atoms with E-state index in [2.05, 4.69) is 4.90 Å². The molecule has 2 saturated heterocycles. The molecular weight excluding hydrogens is 346 g/mol. The van der Waals surface area contributed by atoms with E-state index in [0.717, 1.165) is 19.6 Å². The van der Waals surface area contributed by atoms with E-state index in [1.165, 1.54) is 19.3 Å². The standard InChI is InChI=1S/C20H29N3O4/c21-19(25)14-27-18-6-4-5-15(9-18)20(26)23-11-16(17(12-23)13-24)10-22-7-2-1-3-8-22/h4-6,9,16-17,24H,1-3,7-8,10-14H2,(H2,21,25). The summed E-state index contributed by atoms with van der Waals surface area (Å²) in [6, 6.07) is 6.80. The number of rotatable bonds is 7. The van der Waals surface area contributed by atoms with Crippen molar-refractivity contribution in [2.24, 2.45) is 17.6 Å². The third kappa shape index (κ3) is 5.20. The third-order valence-corrected chi connectivity index (χ3v) is 5.50. The fourth-order valence-electron chi connectivity index (χ4n) is 4.05. The van der Waals surface area contributed by atoms with Crippen LogP contribution in [-0.4, -0.2) is 72.7 Å². The van der Waals surface area contributed by atoms with Crippen molar-refractivity contribution in [3.8, 4) is 5.75 Å². The Kier molecular flexibility index (Phi) is 6.68. The van der Waals surface area contributed by atoms with Crippen LogP contribution in [0.3, 0.4) is 0 Å². The molecule has 148 valence electrons. The van der Waals surface area contributed by atoms with E-state index in [0.29, 0.717) is 30.3 Å². The predicted octanol–water partition coefficient (Wildman–Crippen LogP) is 0.717. The van der Waals surface area contributed by atoms with Gasteiger partial charge in [0, 0.05) is 37.7 Å². The maximum atomic E-state index is 12.9. The lowest BCUT2D eigenvalue weighted by Gasteiger charge is -2.30. The van der Waals surface area contributed by atoms with Gasteiger partial charge in [0.15, 0.2) is 6.61 Å². The van der Waals surface area contributed by atoms with Crippen molar-refractivity contribution in [1.29, 1.82) is 0 Å². The number of aliphatic hydroxyl groups is 1. The van der Waals surface area contributed by atoms with Gasteiger partial charge in [0.2, 0.25) is 0 Å². The van der Waals surface area contributed by atoms with Crippen molar-refractivity contribution < 1.29 is 19.4 Å². The Hall–Kier alpha value is -2.12. The average molecular weight is 375 g/mol. The molecule has 2 heterocycles. The number of hydrogen-bond acceptors (Lipinski definition) is 5. The third-order valence-electron chi connectivity index (χ3n) is 5.50. The molecule has 1 aromatic carbocycles. The lowest BCUT2D eigenvalue weighted by atomic mass is 9.95. The molecule has 0 spiro atoms. The highest BCUT2D eigenvalue weighted by Crippen LogP contribution is 2.27. The molecule has 0 saturated carbocycles. The number of ether oxygens (including phenoxy) is 1. The number of amides is 2. The van der Waals surface area contributed by atoms with Gasteiger partial charge in [0.05, 0.1) is 0 Å². The number of benzene rings is 1. The van der Waals surface area contributed by atoms with Crippen LogP contribution in [0, 0.1) is 11.8 Å². The van der Waals surface area contributed by atoms with E-state index >= 15 is 0 Å². The average Bonchev–Trinajstić information content (AvgIpc) is 3.09. The molecule has 0 aromatic heterocycles. The number of nitrogens with two attached hydrogens (primary N) is 1. The molecule has 2 fully saturated rings. The lowest BCUT2D eigenvalue weighted by Crippen LogP contribution is -2.37. The first-order valence-electron chi connectivity index (χ1n) is 9.70. The highest BCUT2D eigenvalue weighted by Gasteiger charge is 2.36. The van der Waals surface area contributed by atoms with Gasteiger partial charge in [-0.1, -0.05) is 12.5 Å². The highest BCUT2D eigenvalue weighted by molar-refractivity contribution is 5.94. The smallest absolute Gasteiger partial charge is 0.255 e. The summed E-state index contributed by atoms with van der Waals surface area (Å²) in [5.41, 5.74) is 5.61. The van der Waals surface area contributed by atoms with Crippen LogP contribution in [0.4, 0.5) is 0 Å². The van der Waals surface area contributed by atoms with Gasteiger partial charge in [0.1, 0.15) is 5.75 Å². The summed E-state index contributed by atoms with van der Waals surface area (Å²) in [5, 5.41) is 9.78. The Morgan fingerprint density at radius 1 is 1.15 bits per heavy atom. The molecule has 1 aromatic rings. The van der Waals surface area contributed by atoms with E-state index in [-0.39, 0.29) is 25.0 Å². The topological polar surface area (TPSA) is 96.1 Å². The number of carbonyl (C=O) groups is 2. The molecule has 0 bridgehead atoms. The Balaban J connectivity index is 1.62. The summed E-state index contributed by atoms with van der Waals surface area (Å²) >= 11 is 0. The second kappa shape index (κ2) is 9.19. The van der Waals surface area contributed by atoms with Gasteiger partial charge in [-0.2, -0.15) is 0 Å². The molecule has 2 atom stereocenters. The fraction of sp³-hybridized carbons (Fsp3) is 0.600. The van der Waals surface area contributed by atoms with Gasteiger partial charge in [-0.05, 0) is 50.0 Å². The first-order valence-corrected chi connectivity index (χ1v) is 9.70. The summed E-state index contributed by atoms with van der Waals surface area (Å²) < 4.78 is 5.29. The molecular formula is C20H29N3O4. The first kappa shape index (κ1) is 19.6. The molecule has 2 amide bonds. The Labute approximate surface area is 160 Å². The zero-order chi connectivity index (χ0) is 19.2. The van der Waals surface area contributed by atoms with Gasteiger partial charge in [-0.25, -0.2) is 0 Å². The Morgan fingerprint density at radius 3 is 2.59 bits per heavy atom. The zero-order valence-corrected chi connectivity index (χ0v) is 15.7. The number of aliphatic hydroxyl groups excluding tert-OH is 1. The van der Waals surface area contributed by atoms with Crippen LogP contribution in [0.5, 0.6) is 5.75 Å². The summed E-state index contributed by atoms with van der Waals surface area (Å²) in [6.07, 6.45) is 3.76. The lowest BCUT2D eigenvalue weighted by molar-refractivity contribution is -0.119. The van der Waals surface area contributed by atoms with Crippen molar-refractivity contribution in [3.63, 3.8) is 0 Å². The second-order valence-electron chi connectivity index (χ2n) is 7.56. The molecule has 2 unspecified atom stereocenters. The van der Waals surface area contributed by atoms with Crippen LogP contribution >= 0.6 is 0 Å². The van der Waals surface area contributed by atoms with Gasteiger partial charge < -0.3 is 25.4 Å². The van der Waals surface area contributed by atoms with Crippen molar-refractivity contribution >= 4 is 11.8 Å². The molecule has 3 rings (SSSR count). The molecule has 2 aliphatic rings. The molecule has 27 heavy (non-hydrogen) atoms. The van der Waals surface area contributed by atoms with Gasteiger partial charge in [-0.3, -0.25) is 9.59 Å². The van der Waals surface area contributed by atoms with Crippen LogP contribution in [0.15, 0.2) is 24.3 Å². The van der Waals surface area contributed by atoms with Crippen molar-refractivity contribution in [2.45, 2.75) is 19.3 Å². The highest BCUT2D eigenvalue weighted by atomic mass is 16.5. The molecule has 0 radical (unpaired) electrons. The van der Waals surface area contributed by atoms with Crippen LogP contribution < -0.4 is 10.5 Å². The minimum absolute atomic E-state index is 0.0703. The predicted molar refractivity (Wildman–Crippen MR) is 101 cm³/mol. The zero-order valence-electron chi connectivity index (χ0n) is 15.7. The van der Waals surface area contributed by atoms with Crippen LogP contribution in [0.2, 0.25) is 0 Å². The summed E-state index contributed by atoms with van der Waals surface area (Å²) in [4.78, 5) is 28.1. The summed E-state index contributed by atoms with van der Waals surface area (Å²) in [5.74, 6) is 0.232. The normalized spacial score (nSPS) is 23.4. The fourth-order valence-corrected chi connectivity index (χ4v) is 4.05. The quantitative estimate of drug-likeness (QED) is 0.732. The number of primary amides is 1. The van der Waals surface area contributed by atoms with E-state index < -0.39 is 5.91 Å². The maximum absolute atomic E-state index is 12.9. The molecule has 2 aliphatic heterocycles. The molecule has 7 nitrogen and oxygen atoms in total. The molecule has 3 N–H and O–H groups in total. The minimum Gasteiger partial charge on any atom is -0.484 e. The number of carbonyl (C=O) groups excluding carboxylic acids is 2. The monoisotopic (exact) mass is 375 g/mol. The maximum Gasteiger partial charge on any atom is 0.255 e.